The molecule has 0 fully saturated rings. The van der Waals surface area contributed by atoms with Gasteiger partial charge >= 0.3 is 0 Å². The van der Waals surface area contributed by atoms with E-state index in [2.05, 4.69) is 44.2 Å². The first-order valence-corrected chi connectivity index (χ1v) is 7.14. The molecule has 0 amide bonds. The topological polar surface area (TPSA) is 9.23 Å². The highest BCUT2D eigenvalue weighted by atomic mass is 35.5. The normalized spacial score (nSPS) is 10.5. The summed E-state index contributed by atoms with van der Waals surface area (Å²) in [6, 6.07) is 14.6. The van der Waals surface area contributed by atoms with Crippen LogP contribution < -0.4 is 4.74 Å². The molecular weight excluding hydrogens is 256 g/mol. The summed E-state index contributed by atoms with van der Waals surface area (Å²) in [5.74, 6) is 0.762. The van der Waals surface area contributed by atoms with E-state index < -0.39 is 0 Å². The van der Waals surface area contributed by atoms with Crippen LogP contribution in [0.5, 0.6) is 5.75 Å². The first-order valence-electron chi connectivity index (χ1n) is 6.76. The van der Waals surface area contributed by atoms with E-state index in [9.17, 15) is 0 Å². The van der Waals surface area contributed by atoms with Gasteiger partial charge in [-0.25, -0.2) is 0 Å². The standard InChI is InChI=1S/C17H19ClO/c1-3-11-19-17-10-9-15(12-16(17)18)14-7-5-13(4-2)6-8-14/h5-10,12H,3-4,11H2,1-2H3. The summed E-state index contributed by atoms with van der Waals surface area (Å²) in [5.41, 5.74) is 3.65. The van der Waals surface area contributed by atoms with Crippen molar-refractivity contribution in [1.29, 1.82) is 0 Å². The van der Waals surface area contributed by atoms with E-state index in [4.69, 9.17) is 16.3 Å². The minimum absolute atomic E-state index is 0.672. The number of rotatable bonds is 5. The largest absolute Gasteiger partial charge is 0.492 e. The van der Waals surface area contributed by atoms with Crippen LogP contribution in [0.25, 0.3) is 11.1 Å². The first kappa shape index (κ1) is 14.0. The number of hydrogen-bond acceptors (Lipinski definition) is 1. The summed E-state index contributed by atoms with van der Waals surface area (Å²) in [5, 5.41) is 0.672. The fourth-order valence-corrected chi connectivity index (χ4v) is 2.18. The molecule has 0 aliphatic heterocycles. The van der Waals surface area contributed by atoms with Crippen molar-refractivity contribution in [1.82, 2.24) is 0 Å². The van der Waals surface area contributed by atoms with Crippen LogP contribution in [0.3, 0.4) is 0 Å². The Balaban J connectivity index is 2.22. The Labute approximate surface area is 120 Å². The summed E-state index contributed by atoms with van der Waals surface area (Å²) in [7, 11) is 0. The van der Waals surface area contributed by atoms with E-state index in [-0.39, 0.29) is 0 Å². The second-order valence-corrected chi connectivity index (χ2v) is 4.95. The third-order valence-corrected chi connectivity index (χ3v) is 3.38. The Morgan fingerprint density at radius 3 is 2.21 bits per heavy atom. The highest BCUT2D eigenvalue weighted by Crippen LogP contribution is 2.30. The summed E-state index contributed by atoms with van der Waals surface area (Å²) in [4.78, 5) is 0. The molecule has 0 aromatic heterocycles. The van der Waals surface area contributed by atoms with Crippen molar-refractivity contribution in [2.24, 2.45) is 0 Å². The van der Waals surface area contributed by atoms with Gasteiger partial charge < -0.3 is 4.74 Å². The van der Waals surface area contributed by atoms with E-state index >= 15 is 0 Å². The van der Waals surface area contributed by atoms with Crippen molar-refractivity contribution in [3.05, 3.63) is 53.1 Å². The predicted octanol–water partition coefficient (Wildman–Crippen LogP) is 5.36. The maximum absolute atomic E-state index is 6.25. The molecule has 0 atom stereocenters. The van der Waals surface area contributed by atoms with Crippen LogP contribution in [0, 0.1) is 0 Å². The minimum atomic E-state index is 0.672. The number of aryl methyl sites for hydroxylation is 1. The van der Waals surface area contributed by atoms with Crippen molar-refractivity contribution in [2.75, 3.05) is 6.61 Å². The highest BCUT2D eigenvalue weighted by molar-refractivity contribution is 6.32. The van der Waals surface area contributed by atoms with E-state index in [1.165, 1.54) is 11.1 Å². The molecule has 0 saturated carbocycles. The highest BCUT2D eigenvalue weighted by Gasteiger charge is 2.04. The lowest BCUT2D eigenvalue weighted by molar-refractivity contribution is 0.317. The molecule has 0 heterocycles. The number of benzene rings is 2. The molecule has 19 heavy (non-hydrogen) atoms. The van der Waals surface area contributed by atoms with Gasteiger partial charge in [-0.3, -0.25) is 0 Å². The van der Waals surface area contributed by atoms with Crippen LogP contribution in [0.1, 0.15) is 25.8 Å². The molecule has 100 valence electrons. The molecule has 0 saturated heterocycles. The monoisotopic (exact) mass is 274 g/mol. The molecule has 0 aliphatic carbocycles. The van der Waals surface area contributed by atoms with Gasteiger partial charge in [-0.2, -0.15) is 0 Å². The number of halogens is 1. The average molecular weight is 275 g/mol. The maximum atomic E-state index is 6.25. The van der Waals surface area contributed by atoms with Crippen LogP contribution in [0.4, 0.5) is 0 Å². The van der Waals surface area contributed by atoms with E-state index in [1.54, 1.807) is 0 Å². The molecule has 0 bridgehead atoms. The third kappa shape index (κ3) is 3.51. The van der Waals surface area contributed by atoms with Crippen molar-refractivity contribution in [3.8, 4) is 16.9 Å². The van der Waals surface area contributed by atoms with Gasteiger partial charge in [0, 0.05) is 0 Å². The van der Waals surface area contributed by atoms with E-state index in [0.717, 1.165) is 24.2 Å². The van der Waals surface area contributed by atoms with Gasteiger partial charge in [-0.1, -0.05) is 55.8 Å². The predicted molar refractivity (Wildman–Crippen MR) is 82.1 cm³/mol. The maximum Gasteiger partial charge on any atom is 0.137 e. The molecule has 0 N–H and O–H groups in total. The smallest absolute Gasteiger partial charge is 0.137 e. The molecule has 2 aromatic rings. The fraction of sp³-hybridized carbons (Fsp3) is 0.294. The van der Waals surface area contributed by atoms with Gasteiger partial charge in [0.05, 0.1) is 11.6 Å². The molecule has 2 aromatic carbocycles. The summed E-state index contributed by atoms with van der Waals surface area (Å²) >= 11 is 6.25. The molecule has 0 spiro atoms. The average Bonchev–Trinajstić information content (AvgIpc) is 2.46. The zero-order valence-electron chi connectivity index (χ0n) is 11.4. The van der Waals surface area contributed by atoms with Crippen LogP contribution in [0.15, 0.2) is 42.5 Å². The summed E-state index contributed by atoms with van der Waals surface area (Å²) in [6.07, 6.45) is 2.04. The van der Waals surface area contributed by atoms with Gasteiger partial charge in [0.2, 0.25) is 0 Å². The quantitative estimate of drug-likeness (QED) is 0.713. The van der Waals surface area contributed by atoms with Gasteiger partial charge in [-0.05, 0) is 41.7 Å². The number of ether oxygens (including phenoxy) is 1. The lowest BCUT2D eigenvalue weighted by atomic mass is 10.0. The molecule has 0 radical (unpaired) electrons. The van der Waals surface area contributed by atoms with Crippen molar-refractivity contribution in [2.45, 2.75) is 26.7 Å². The number of hydrogen-bond donors (Lipinski definition) is 0. The second kappa shape index (κ2) is 6.63. The minimum Gasteiger partial charge on any atom is -0.492 e. The van der Waals surface area contributed by atoms with Gasteiger partial charge in [-0.15, -0.1) is 0 Å². The van der Waals surface area contributed by atoms with Gasteiger partial charge in [0.15, 0.2) is 0 Å². The zero-order valence-corrected chi connectivity index (χ0v) is 12.2. The fourth-order valence-electron chi connectivity index (χ4n) is 1.94. The first-order chi connectivity index (χ1) is 9.24. The Hall–Kier alpha value is -1.47. The third-order valence-electron chi connectivity index (χ3n) is 3.09. The molecule has 0 unspecified atom stereocenters. The van der Waals surface area contributed by atoms with Crippen molar-refractivity contribution < 1.29 is 4.74 Å². The van der Waals surface area contributed by atoms with Crippen LogP contribution >= 0.6 is 11.6 Å². The Kier molecular flexibility index (Phi) is 4.86. The zero-order chi connectivity index (χ0) is 13.7. The molecule has 1 nitrogen and oxygen atoms in total. The lowest BCUT2D eigenvalue weighted by Gasteiger charge is -2.09. The molecular formula is C17H19ClO. The van der Waals surface area contributed by atoms with Crippen molar-refractivity contribution >= 4 is 11.6 Å². The Morgan fingerprint density at radius 2 is 1.63 bits per heavy atom. The Morgan fingerprint density at radius 1 is 0.947 bits per heavy atom. The Bertz CT molecular complexity index is 531. The summed E-state index contributed by atoms with van der Waals surface area (Å²) < 4.78 is 5.58. The molecule has 2 heteroatoms. The SMILES string of the molecule is CCCOc1ccc(-c2ccc(CC)cc2)cc1Cl. The van der Waals surface area contributed by atoms with Crippen LogP contribution in [-0.2, 0) is 6.42 Å². The van der Waals surface area contributed by atoms with Gasteiger partial charge in [0.25, 0.3) is 0 Å². The lowest BCUT2D eigenvalue weighted by Crippen LogP contribution is -1.95. The summed E-state index contributed by atoms with van der Waals surface area (Å²) in [6.45, 7) is 4.94. The molecule has 2 rings (SSSR count). The van der Waals surface area contributed by atoms with Gasteiger partial charge in [0.1, 0.15) is 5.75 Å². The second-order valence-electron chi connectivity index (χ2n) is 4.54. The van der Waals surface area contributed by atoms with Crippen LogP contribution in [-0.4, -0.2) is 6.61 Å². The van der Waals surface area contributed by atoms with E-state index in [0.29, 0.717) is 11.6 Å². The molecule has 0 aliphatic rings. The van der Waals surface area contributed by atoms with E-state index in [1.807, 2.05) is 12.1 Å². The van der Waals surface area contributed by atoms with Crippen LogP contribution in [0.2, 0.25) is 5.02 Å². The van der Waals surface area contributed by atoms with Crippen molar-refractivity contribution in [3.63, 3.8) is 0 Å².